The van der Waals surface area contributed by atoms with E-state index in [9.17, 15) is 9.59 Å². The summed E-state index contributed by atoms with van der Waals surface area (Å²) >= 11 is 0. The van der Waals surface area contributed by atoms with Crippen LogP contribution in [-0.4, -0.2) is 33.7 Å². The first-order chi connectivity index (χ1) is 12.7. The lowest BCUT2D eigenvalue weighted by atomic mass is 9.90. The van der Waals surface area contributed by atoms with Crippen LogP contribution >= 0.6 is 0 Å². The second-order valence-corrected chi connectivity index (χ2v) is 6.88. The number of aromatic amines is 1. The number of nitrogens with zero attached hydrogens (tertiary/aromatic N) is 2. The van der Waals surface area contributed by atoms with Gasteiger partial charge in [0.25, 0.3) is 0 Å². The molecule has 132 valence electrons. The van der Waals surface area contributed by atoms with Crippen molar-refractivity contribution in [3.05, 3.63) is 76.3 Å². The number of hydrogen-bond donors (Lipinski definition) is 1. The Kier molecular flexibility index (Phi) is 4.63. The Hall–Kier alpha value is -2.79. The van der Waals surface area contributed by atoms with Crippen molar-refractivity contribution in [1.29, 1.82) is 0 Å². The maximum absolute atomic E-state index is 12.7. The molecule has 2 aromatic heterocycles. The number of pyridine rings is 2. The van der Waals surface area contributed by atoms with Gasteiger partial charge in [0.15, 0.2) is 11.2 Å². The van der Waals surface area contributed by atoms with Gasteiger partial charge in [-0.25, -0.2) is 0 Å². The number of likely N-dealkylation sites (tertiary alicyclic amines) is 1. The van der Waals surface area contributed by atoms with Crippen molar-refractivity contribution in [1.82, 2.24) is 14.9 Å². The number of carbonyl (C=O) groups is 1. The fourth-order valence-electron chi connectivity index (χ4n) is 3.74. The lowest BCUT2D eigenvalue weighted by Gasteiger charge is -2.31. The molecule has 0 saturated carbocycles. The van der Waals surface area contributed by atoms with E-state index in [0.29, 0.717) is 24.0 Å². The first kappa shape index (κ1) is 16.7. The average molecular weight is 347 g/mol. The molecule has 1 aliphatic heterocycles. The van der Waals surface area contributed by atoms with E-state index in [4.69, 9.17) is 0 Å². The molecule has 3 heterocycles. The molecule has 0 bridgehead atoms. The van der Waals surface area contributed by atoms with Gasteiger partial charge in [-0.1, -0.05) is 12.1 Å². The van der Waals surface area contributed by atoms with E-state index in [-0.39, 0.29) is 17.1 Å². The number of Topliss-reactive ketones (excluding diaryl/α,β-unsaturated/α-hetero) is 1. The van der Waals surface area contributed by atoms with Gasteiger partial charge in [0.2, 0.25) is 0 Å². The summed E-state index contributed by atoms with van der Waals surface area (Å²) in [6.07, 6.45) is 5.20. The van der Waals surface area contributed by atoms with Crippen molar-refractivity contribution in [3.8, 4) is 0 Å². The third kappa shape index (κ3) is 3.44. The van der Waals surface area contributed by atoms with Crippen molar-refractivity contribution in [2.45, 2.75) is 19.4 Å². The lowest BCUT2D eigenvalue weighted by Crippen LogP contribution is -2.38. The van der Waals surface area contributed by atoms with Gasteiger partial charge in [-0.05, 0) is 43.7 Å². The zero-order chi connectivity index (χ0) is 17.9. The van der Waals surface area contributed by atoms with Crippen LogP contribution in [0.4, 0.5) is 0 Å². The number of ketones is 1. The van der Waals surface area contributed by atoms with Gasteiger partial charge in [-0.2, -0.15) is 0 Å². The second-order valence-electron chi connectivity index (χ2n) is 6.88. The molecule has 5 heteroatoms. The largest absolute Gasteiger partial charge is 0.357 e. The second kappa shape index (κ2) is 7.22. The molecule has 0 radical (unpaired) electrons. The van der Waals surface area contributed by atoms with E-state index in [1.807, 2.05) is 30.3 Å². The number of H-pyrrole nitrogens is 1. The third-order valence-corrected chi connectivity index (χ3v) is 5.01. The maximum Gasteiger partial charge on any atom is 0.189 e. The predicted molar refractivity (Wildman–Crippen MR) is 101 cm³/mol. The highest BCUT2D eigenvalue weighted by molar-refractivity contribution is 5.97. The normalized spacial score (nSPS) is 18.1. The van der Waals surface area contributed by atoms with Crippen LogP contribution in [0.3, 0.4) is 0 Å². The Morgan fingerprint density at radius 1 is 1.23 bits per heavy atom. The molecule has 1 aliphatic rings. The molecular formula is C21H21N3O2. The number of nitrogens with one attached hydrogen (secondary N) is 1. The van der Waals surface area contributed by atoms with Crippen LogP contribution in [0.1, 0.15) is 28.9 Å². The molecule has 26 heavy (non-hydrogen) atoms. The minimum Gasteiger partial charge on any atom is -0.357 e. The number of piperidine rings is 1. The smallest absolute Gasteiger partial charge is 0.189 e. The summed E-state index contributed by atoms with van der Waals surface area (Å²) in [6, 6.07) is 12.9. The number of carbonyl (C=O) groups excluding carboxylic acids is 1. The number of benzene rings is 1. The number of rotatable bonds is 4. The first-order valence-electron chi connectivity index (χ1n) is 8.98. The van der Waals surface area contributed by atoms with Crippen LogP contribution in [0.5, 0.6) is 0 Å². The summed E-state index contributed by atoms with van der Waals surface area (Å²) in [5.41, 5.74) is 2.46. The van der Waals surface area contributed by atoms with E-state index in [1.54, 1.807) is 24.5 Å². The Morgan fingerprint density at radius 3 is 2.96 bits per heavy atom. The van der Waals surface area contributed by atoms with Gasteiger partial charge < -0.3 is 4.98 Å². The average Bonchev–Trinajstić information content (AvgIpc) is 2.68. The van der Waals surface area contributed by atoms with Crippen LogP contribution in [0.25, 0.3) is 10.9 Å². The van der Waals surface area contributed by atoms with Crippen LogP contribution in [-0.2, 0) is 6.54 Å². The molecule has 0 unspecified atom stereocenters. The van der Waals surface area contributed by atoms with E-state index in [1.165, 1.54) is 0 Å². The zero-order valence-corrected chi connectivity index (χ0v) is 14.5. The summed E-state index contributed by atoms with van der Waals surface area (Å²) in [4.78, 5) is 34.7. The Labute approximate surface area is 151 Å². The molecule has 4 rings (SSSR count). The van der Waals surface area contributed by atoms with Crippen molar-refractivity contribution in [3.63, 3.8) is 0 Å². The monoisotopic (exact) mass is 347 g/mol. The van der Waals surface area contributed by atoms with Crippen LogP contribution < -0.4 is 5.43 Å². The molecule has 5 nitrogen and oxygen atoms in total. The van der Waals surface area contributed by atoms with Crippen molar-refractivity contribution in [2.75, 3.05) is 13.1 Å². The van der Waals surface area contributed by atoms with E-state index >= 15 is 0 Å². The molecule has 1 atom stereocenters. The highest BCUT2D eigenvalue weighted by Crippen LogP contribution is 2.22. The SMILES string of the molecule is O=C(c1cccnc1)[C@H]1CCCN(Cc2cc(=O)c3ccccc3[nH]2)C1. The highest BCUT2D eigenvalue weighted by Gasteiger charge is 2.26. The molecule has 0 spiro atoms. The van der Waals surface area contributed by atoms with Crippen molar-refractivity contribution in [2.24, 2.45) is 5.92 Å². The van der Waals surface area contributed by atoms with Crippen LogP contribution in [0.2, 0.25) is 0 Å². The Balaban J connectivity index is 1.50. The number of hydrogen-bond acceptors (Lipinski definition) is 4. The Bertz CT molecular complexity index is 981. The lowest BCUT2D eigenvalue weighted by molar-refractivity contribution is 0.0810. The molecule has 0 aliphatic carbocycles. The third-order valence-electron chi connectivity index (χ3n) is 5.01. The summed E-state index contributed by atoms with van der Waals surface area (Å²) in [5, 5.41) is 0.708. The summed E-state index contributed by atoms with van der Waals surface area (Å²) in [7, 11) is 0. The highest BCUT2D eigenvalue weighted by atomic mass is 16.1. The quantitative estimate of drug-likeness (QED) is 0.737. The summed E-state index contributed by atoms with van der Waals surface area (Å²) in [5.74, 6) is 0.148. The van der Waals surface area contributed by atoms with Gasteiger partial charge >= 0.3 is 0 Å². The van der Waals surface area contributed by atoms with Gasteiger partial charge in [0.1, 0.15) is 0 Å². The van der Waals surface area contributed by atoms with Crippen LogP contribution in [0, 0.1) is 5.92 Å². The molecule has 0 amide bonds. The molecule has 1 fully saturated rings. The maximum atomic E-state index is 12.7. The van der Waals surface area contributed by atoms with Gasteiger partial charge in [0.05, 0.1) is 0 Å². The topological polar surface area (TPSA) is 66.1 Å². The summed E-state index contributed by atoms with van der Waals surface area (Å²) < 4.78 is 0. The molecule has 3 aromatic rings. The van der Waals surface area contributed by atoms with Crippen molar-refractivity contribution >= 4 is 16.7 Å². The van der Waals surface area contributed by atoms with Crippen molar-refractivity contribution < 1.29 is 4.79 Å². The number of para-hydroxylation sites is 1. The van der Waals surface area contributed by atoms with Gasteiger partial charge in [-0.15, -0.1) is 0 Å². The van der Waals surface area contributed by atoms with Gasteiger partial charge in [0, 0.05) is 59.6 Å². The predicted octanol–water partition coefficient (Wildman–Crippen LogP) is 3.02. The fourth-order valence-corrected chi connectivity index (χ4v) is 3.74. The number of fused-ring (bicyclic) bond motifs is 1. The summed E-state index contributed by atoms with van der Waals surface area (Å²) in [6.45, 7) is 2.30. The molecular weight excluding hydrogens is 326 g/mol. The molecule has 1 saturated heterocycles. The minimum absolute atomic E-state index is 0.0138. The standard InChI is InChI=1S/C21H21N3O2/c25-20-11-17(23-19-8-2-1-7-18(19)20)14-24-10-4-6-16(13-24)21(26)15-5-3-9-22-12-15/h1-3,5,7-9,11-12,16H,4,6,10,13-14H2,(H,23,25)/t16-/m0/s1. The zero-order valence-electron chi connectivity index (χ0n) is 14.5. The van der Waals surface area contributed by atoms with Crippen LogP contribution in [0.15, 0.2) is 59.7 Å². The first-order valence-corrected chi connectivity index (χ1v) is 8.98. The van der Waals surface area contributed by atoms with Gasteiger partial charge in [-0.3, -0.25) is 19.5 Å². The van der Waals surface area contributed by atoms with E-state index < -0.39 is 0 Å². The molecule has 1 N–H and O–H groups in total. The Morgan fingerprint density at radius 2 is 2.12 bits per heavy atom. The number of aromatic nitrogens is 2. The minimum atomic E-state index is -0.0138. The fraction of sp³-hybridized carbons (Fsp3) is 0.286. The van der Waals surface area contributed by atoms with E-state index in [0.717, 1.165) is 30.6 Å². The van der Waals surface area contributed by atoms with E-state index in [2.05, 4.69) is 14.9 Å². The molecule has 1 aromatic carbocycles.